The van der Waals surface area contributed by atoms with E-state index in [0.29, 0.717) is 5.56 Å². The molecule has 2 aromatic carbocycles. The van der Waals surface area contributed by atoms with Crippen LogP contribution in [0.5, 0.6) is 0 Å². The molecule has 0 N–H and O–H groups in total. The zero-order valence-electron chi connectivity index (χ0n) is 18.4. The van der Waals surface area contributed by atoms with E-state index in [1.54, 1.807) is 24.3 Å². The van der Waals surface area contributed by atoms with Gasteiger partial charge in [0.05, 0.1) is 16.8 Å². The lowest BCUT2D eigenvalue weighted by Gasteiger charge is -2.30. The van der Waals surface area contributed by atoms with E-state index >= 15 is 0 Å². The predicted octanol–water partition coefficient (Wildman–Crippen LogP) is 4.38. The van der Waals surface area contributed by atoms with E-state index in [2.05, 4.69) is 47.8 Å². The van der Waals surface area contributed by atoms with Gasteiger partial charge in [0.15, 0.2) is 5.78 Å². The van der Waals surface area contributed by atoms with Gasteiger partial charge in [-0.1, -0.05) is 59.9 Å². The van der Waals surface area contributed by atoms with Crippen molar-refractivity contribution in [3.8, 4) is 0 Å². The van der Waals surface area contributed by atoms with Crippen LogP contribution < -0.4 is 0 Å². The molecule has 0 spiro atoms. The average molecular weight is 684 g/mol. The Morgan fingerprint density at radius 1 is 0.917 bits per heavy atom. The van der Waals surface area contributed by atoms with Gasteiger partial charge in [-0.25, -0.2) is 5.01 Å². The standard InChI is InChI=1S/C24H18Br3N3O6/c25-13-5-1-11(2-6-13)17(31)10-28(22(32)12-3-7-14(8-4-12)30(35)36)29-23(33)18-15-9-16(19(18)24(29)34)21(27)20(15)26/h1-8,15-16,18-21H,9-10H2/t15-,16-,18-,19+,20+,21+/m1/s1. The summed E-state index contributed by atoms with van der Waals surface area (Å²) in [4.78, 5) is 64.4. The number of ketones is 1. The molecular weight excluding hydrogens is 666 g/mol. The minimum atomic E-state index is -0.768. The highest BCUT2D eigenvalue weighted by Gasteiger charge is 2.67. The Kier molecular flexibility index (Phi) is 6.63. The van der Waals surface area contributed by atoms with Crippen LogP contribution in [0.1, 0.15) is 27.1 Å². The quantitative estimate of drug-likeness (QED) is 0.147. The molecule has 12 heteroatoms. The third-order valence-electron chi connectivity index (χ3n) is 7.22. The summed E-state index contributed by atoms with van der Waals surface area (Å²) in [6.45, 7) is -0.542. The van der Waals surface area contributed by atoms with Gasteiger partial charge in [0.2, 0.25) is 0 Å². The topological polar surface area (TPSA) is 118 Å². The Morgan fingerprint density at radius 3 is 1.92 bits per heavy atom. The van der Waals surface area contributed by atoms with E-state index in [4.69, 9.17) is 0 Å². The van der Waals surface area contributed by atoms with Gasteiger partial charge < -0.3 is 0 Å². The van der Waals surface area contributed by atoms with Gasteiger partial charge in [0.25, 0.3) is 23.4 Å². The number of hydrogen-bond donors (Lipinski definition) is 0. The van der Waals surface area contributed by atoms with E-state index in [-0.39, 0.29) is 32.7 Å². The summed E-state index contributed by atoms with van der Waals surface area (Å²) in [7, 11) is 0. The molecule has 2 aromatic rings. The van der Waals surface area contributed by atoms with Crippen LogP contribution >= 0.6 is 47.8 Å². The largest absolute Gasteiger partial charge is 0.292 e. The van der Waals surface area contributed by atoms with E-state index in [1.807, 2.05) is 0 Å². The van der Waals surface area contributed by atoms with E-state index < -0.39 is 46.8 Å². The van der Waals surface area contributed by atoms with Crippen molar-refractivity contribution in [2.45, 2.75) is 16.1 Å². The number of carbonyl (C=O) groups is 4. The highest BCUT2D eigenvalue weighted by molar-refractivity contribution is 9.12. The van der Waals surface area contributed by atoms with Crippen LogP contribution in [0.4, 0.5) is 5.69 Å². The molecule has 6 atom stereocenters. The molecular formula is C24H18Br3N3O6. The summed E-state index contributed by atoms with van der Waals surface area (Å²) in [6.07, 6.45) is 0.723. The monoisotopic (exact) mass is 681 g/mol. The molecule has 1 saturated heterocycles. The van der Waals surface area contributed by atoms with E-state index in [1.165, 1.54) is 12.1 Å². The molecule has 0 aromatic heterocycles. The third kappa shape index (κ3) is 4.03. The van der Waals surface area contributed by atoms with Crippen LogP contribution in [0.2, 0.25) is 0 Å². The van der Waals surface area contributed by atoms with Gasteiger partial charge in [-0.2, -0.15) is 5.01 Å². The summed E-state index contributed by atoms with van der Waals surface area (Å²) in [5.74, 6) is -3.51. The van der Waals surface area contributed by atoms with Crippen LogP contribution in [0, 0.1) is 33.8 Å². The lowest BCUT2D eigenvalue weighted by atomic mass is 9.81. The molecule has 1 heterocycles. The van der Waals surface area contributed by atoms with Crippen molar-refractivity contribution in [1.29, 1.82) is 0 Å². The smallest absolute Gasteiger partial charge is 0.273 e. The zero-order valence-corrected chi connectivity index (χ0v) is 23.2. The van der Waals surface area contributed by atoms with Crippen molar-refractivity contribution in [2.75, 3.05) is 6.54 Å². The minimum absolute atomic E-state index is 0.0153. The number of non-ortho nitro benzene ring substituents is 1. The number of fused-ring (bicyclic) bond motifs is 5. The number of carbonyl (C=O) groups excluding carboxylic acids is 4. The molecule has 5 rings (SSSR count). The average Bonchev–Trinajstić information content (AvgIpc) is 3.47. The maximum Gasteiger partial charge on any atom is 0.273 e. The van der Waals surface area contributed by atoms with Gasteiger partial charge in [-0.3, -0.25) is 29.3 Å². The number of rotatable bonds is 6. The normalized spacial score (nSPS) is 28.4. The SMILES string of the molecule is O=C(CN(C(=O)c1ccc([N+](=O)[O-])cc1)N1C(=O)[C@@H]2[C@H]3C[C@@H]([C@H](Br)[C@H]3Br)[C@@H]2C1=O)c1ccc(Br)cc1. The second-order valence-corrected chi connectivity index (χ2v) is 12.1. The first-order valence-corrected chi connectivity index (χ1v) is 13.7. The minimum Gasteiger partial charge on any atom is -0.292 e. The van der Waals surface area contributed by atoms with Crippen molar-refractivity contribution in [1.82, 2.24) is 10.0 Å². The molecule has 2 bridgehead atoms. The van der Waals surface area contributed by atoms with Crippen LogP contribution in [-0.2, 0) is 9.59 Å². The highest BCUT2D eigenvalue weighted by Crippen LogP contribution is 2.60. The number of nitro groups is 1. The lowest BCUT2D eigenvalue weighted by Crippen LogP contribution is -2.52. The zero-order chi connectivity index (χ0) is 25.9. The number of alkyl halides is 2. The third-order valence-corrected chi connectivity index (χ3v) is 11.0. The van der Waals surface area contributed by atoms with Crippen molar-refractivity contribution >= 4 is 77.0 Å². The molecule has 3 fully saturated rings. The number of hydrogen-bond acceptors (Lipinski definition) is 6. The lowest BCUT2D eigenvalue weighted by molar-refractivity contribution is -0.384. The predicted molar refractivity (Wildman–Crippen MR) is 138 cm³/mol. The molecule has 0 radical (unpaired) electrons. The Hall–Kier alpha value is -2.44. The number of benzene rings is 2. The Morgan fingerprint density at radius 2 is 1.42 bits per heavy atom. The Bertz CT molecular complexity index is 1250. The number of amides is 3. The summed E-state index contributed by atoms with van der Waals surface area (Å²) in [5.41, 5.74) is 0.108. The summed E-state index contributed by atoms with van der Waals surface area (Å²) in [5, 5.41) is 12.7. The second kappa shape index (κ2) is 9.46. The number of nitrogens with zero attached hydrogens (tertiary/aromatic N) is 3. The second-order valence-electron chi connectivity index (χ2n) is 9.09. The Labute approximate surface area is 230 Å². The molecule has 2 saturated carbocycles. The number of halogens is 3. The molecule has 1 aliphatic heterocycles. The van der Waals surface area contributed by atoms with E-state index in [9.17, 15) is 29.3 Å². The van der Waals surface area contributed by atoms with Gasteiger partial charge in [0.1, 0.15) is 6.54 Å². The van der Waals surface area contributed by atoms with Crippen molar-refractivity contribution < 1.29 is 24.1 Å². The number of hydrazine groups is 1. The Balaban J connectivity index is 1.50. The number of Topliss-reactive ketones (excluding diaryl/α,β-unsaturated/α-hetero) is 1. The maximum atomic E-state index is 13.6. The molecule has 0 unspecified atom stereocenters. The van der Waals surface area contributed by atoms with Crippen molar-refractivity contribution in [3.05, 3.63) is 74.2 Å². The first-order chi connectivity index (χ1) is 17.1. The fraction of sp³-hybridized carbons (Fsp3) is 0.333. The van der Waals surface area contributed by atoms with Crippen LogP contribution in [0.25, 0.3) is 0 Å². The number of imide groups is 1. The molecule has 3 amide bonds. The van der Waals surface area contributed by atoms with Gasteiger partial charge >= 0.3 is 0 Å². The van der Waals surface area contributed by atoms with Crippen molar-refractivity contribution in [2.24, 2.45) is 23.7 Å². The highest BCUT2D eigenvalue weighted by atomic mass is 79.9. The molecule has 3 aliphatic rings. The molecule has 9 nitrogen and oxygen atoms in total. The van der Waals surface area contributed by atoms with Crippen LogP contribution in [0.3, 0.4) is 0 Å². The fourth-order valence-corrected chi connectivity index (χ4v) is 7.68. The maximum absolute atomic E-state index is 13.6. The fourth-order valence-electron chi connectivity index (χ4n) is 5.54. The summed E-state index contributed by atoms with van der Waals surface area (Å²) in [6, 6.07) is 11.3. The van der Waals surface area contributed by atoms with Gasteiger partial charge in [-0.15, -0.1) is 0 Å². The molecule has 186 valence electrons. The van der Waals surface area contributed by atoms with E-state index in [0.717, 1.165) is 33.0 Å². The summed E-state index contributed by atoms with van der Waals surface area (Å²) >= 11 is 10.6. The molecule has 2 aliphatic carbocycles. The first kappa shape index (κ1) is 25.2. The van der Waals surface area contributed by atoms with Gasteiger partial charge in [0, 0.05) is 37.4 Å². The van der Waals surface area contributed by atoms with Crippen LogP contribution in [0.15, 0.2) is 53.0 Å². The van der Waals surface area contributed by atoms with Crippen LogP contribution in [-0.4, -0.2) is 54.6 Å². The molecule has 36 heavy (non-hydrogen) atoms. The first-order valence-electron chi connectivity index (χ1n) is 11.1. The number of nitro benzene ring substituents is 1. The van der Waals surface area contributed by atoms with Crippen molar-refractivity contribution in [3.63, 3.8) is 0 Å². The summed E-state index contributed by atoms with van der Waals surface area (Å²) < 4.78 is 0.764. The van der Waals surface area contributed by atoms with Gasteiger partial charge in [-0.05, 0) is 42.5 Å².